The molecule has 1 unspecified atom stereocenters. The SMILES string of the molecule is CN(CCN1CCN(CCN(C)CC(=O)O)CCN(CC(Cc2ccc([N+](=O)[O-])cc2)NCC(=O)O)CC1)CC(=O)O. The van der Waals surface area contributed by atoms with Crippen LogP contribution in [0.15, 0.2) is 24.3 Å². The van der Waals surface area contributed by atoms with Crippen molar-refractivity contribution in [1.29, 1.82) is 0 Å². The van der Waals surface area contributed by atoms with Gasteiger partial charge < -0.3 is 20.6 Å². The minimum atomic E-state index is -0.971. The summed E-state index contributed by atoms with van der Waals surface area (Å²) in [4.78, 5) is 54.5. The highest BCUT2D eigenvalue weighted by Gasteiger charge is 2.21. The molecule has 0 aliphatic carbocycles. The van der Waals surface area contributed by atoms with Crippen LogP contribution in [-0.2, 0) is 20.8 Å². The summed E-state index contributed by atoms with van der Waals surface area (Å²) in [6.07, 6.45) is 0.495. The van der Waals surface area contributed by atoms with Gasteiger partial charge in [0.2, 0.25) is 0 Å². The van der Waals surface area contributed by atoms with E-state index in [1.165, 1.54) is 12.1 Å². The average molecular weight is 596 g/mol. The molecule has 15 nitrogen and oxygen atoms in total. The maximum Gasteiger partial charge on any atom is 0.317 e. The van der Waals surface area contributed by atoms with Gasteiger partial charge in [0.15, 0.2) is 0 Å². The first-order valence-corrected chi connectivity index (χ1v) is 14.1. The van der Waals surface area contributed by atoms with Crippen molar-refractivity contribution in [3.8, 4) is 0 Å². The lowest BCUT2D eigenvalue weighted by Crippen LogP contribution is -2.47. The van der Waals surface area contributed by atoms with Crippen molar-refractivity contribution in [2.45, 2.75) is 12.5 Å². The predicted molar refractivity (Wildman–Crippen MR) is 156 cm³/mol. The number of likely N-dealkylation sites (N-methyl/N-ethyl adjacent to an activating group) is 2. The number of benzene rings is 1. The van der Waals surface area contributed by atoms with E-state index < -0.39 is 22.8 Å². The van der Waals surface area contributed by atoms with Gasteiger partial charge in [-0.15, -0.1) is 0 Å². The normalized spacial score (nSPS) is 16.6. The Balaban J connectivity index is 2.13. The Hall–Kier alpha value is -3.21. The van der Waals surface area contributed by atoms with E-state index in [2.05, 4.69) is 20.0 Å². The van der Waals surface area contributed by atoms with Crippen molar-refractivity contribution < 1.29 is 34.6 Å². The number of hydrogen-bond acceptors (Lipinski definition) is 11. The number of carboxylic acid groups (broad SMARTS) is 3. The van der Waals surface area contributed by atoms with Crippen LogP contribution >= 0.6 is 0 Å². The van der Waals surface area contributed by atoms with E-state index >= 15 is 0 Å². The molecule has 1 aliphatic heterocycles. The van der Waals surface area contributed by atoms with E-state index in [9.17, 15) is 29.6 Å². The third-order valence-electron chi connectivity index (χ3n) is 7.25. The number of nitro groups is 1. The van der Waals surface area contributed by atoms with Crippen molar-refractivity contribution in [3.63, 3.8) is 0 Å². The highest BCUT2D eigenvalue weighted by atomic mass is 16.6. The summed E-state index contributed by atoms with van der Waals surface area (Å²) in [5, 5.41) is 41.6. The Labute approximate surface area is 246 Å². The molecule has 2 rings (SSSR count). The highest BCUT2D eigenvalue weighted by molar-refractivity contribution is 5.69. The van der Waals surface area contributed by atoms with Crippen molar-refractivity contribution in [2.75, 3.05) is 106 Å². The number of hydrogen-bond donors (Lipinski definition) is 4. The summed E-state index contributed by atoms with van der Waals surface area (Å²) in [5.41, 5.74) is 0.857. The fourth-order valence-corrected chi connectivity index (χ4v) is 4.84. The molecule has 236 valence electrons. The smallest absolute Gasteiger partial charge is 0.317 e. The molecule has 1 aromatic carbocycles. The zero-order chi connectivity index (χ0) is 31.1. The van der Waals surface area contributed by atoms with Gasteiger partial charge in [-0.2, -0.15) is 0 Å². The van der Waals surface area contributed by atoms with Crippen LogP contribution in [0.2, 0.25) is 0 Å². The van der Waals surface area contributed by atoms with Crippen LogP contribution in [0.3, 0.4) is 0 Å². The predicted octanol–water partition coefficient (Wildman–Crippen LogP) is -0.867. The van der Waals surface area contributed by atoms with Gasteiger partial charge in [-0.25, -0.2) is 0 Å². The van der Waals surface area contributed by atoms with Crippen LogP contribution in [0.5, 0.6) is 0 Å². The minimum Gasteiger partial charge on any atom is -0.480 e. The Bertz CT molecular complexity index is 975. The molecule has 0 radical (unpaired) electrons. The van der Waals surface area contributed by atoms with Gasteiger partial charge in [0.1, 0.15) is 0 Å². The Morgan fingerprint density at radius 2 is 1.29 bits per heavy atom. The Morgan fingerprint density at radius 3 is 1.69 bits per heavy atom. The van der Waals surface area contributed by atoms with Gasteiger partial charge in [0.05, 0.1) is 24.6 Å². The molecule has 15 heteroatoms. The van der Waals surface area contributed by atoms with Crippen LogP contribution in [0.25, 0.3) is 0 Å². The number of carbonyl (C=O) groups is 3. The molecule has 0 bridgehead atoms. The van der Waals surface area contributed by atoms with E-state index in [1.54, 1.807) is 36.0 Å². The number of nitrogens with zero attached hydrogens (tertiary/aromatic N) is 6. The Morgan fingerprint density at radius 1 is 0.833 bits per heavy atom. The molecule has 0 amide bonds. The second kappa shape index (κ2) is 18.4. The first-order chi connectivity index (χ1) is 19.9. The highest BCUT2D eigenvalue weighted by Crippen LogP contribution is 2.14. The molecule has 0 spiro atoms. The summed E-state index contributed by atoms with van der Waals surface area (Å²) in [5.74, 6) is -2.73. The summed E-state index contributed by atoms with van der Waals surface area (Å²) < 4.78 is 0. The summed E-state index contributed by atoms with van der Waals surface area (Å²) in [6, 6.07) is 6.06. The van der Waals surface area contributed by atoms with Gasteiger partial charge in [0.25, 0.3) is 5.69 Å². The van der Waals surface area contributed by atoms with E-state index in [0.29, 0.717) is 39.1 Å². The summed E-state index contributed by atoms with van der Waals surface area (Å²) >= 11 is 0. The van der Waals surface area contributed by atoms with E-state index in [1.807, 2.05) is 0 Å². The Kier molecular flexibility index (Phi) is 15.3. The molecule has 1 aliphatic rings. The lowest BCUT2D eigenvalue weighted by Gasteiger charge is -2.30. The lowest BCUT2D eigenvalue weighted by atomic mass is 10.0. The number of nitro benzene ring substituents is 1. The van der Waals surface area contributed by atoms with Gasteiger partial charge in [0, 0.05) is 90.2 Å². The fraction of sp³-hybridized carbons (Fsp3) is 0.667. The van der Waals surface area contributed by atoms with Crippen LogP contribution in [0, 0.1) is 10.1 Å². The molecule has 1 fully saturated rings. The number of aliphatic carboxylic acids is 3. The van der Waals surface area contributed by atoms with Gasteiger partial charge in [-0.3, -0.25) is 49.0 Å². The third-order valence-corrected chi connectivity index (χ3v) is 7.25. The molecule has 0 saturated carbocycles. The third kappa shape index (κ3) is 14.6. The monoisotopic (exact) mass is 595 g/mol. The van der Waals surface area contributed by atoms with E-state index in [0.717, 1.165) is 44.8 Å². The average Bonchev–Trinajstić information content (AvgIpc) is 3.00. The van der Waals surface area contributed by atoms with Gasteiger partial charge in [-0.1, -0.05) is 12.1 Å². The zero-order valence-corrected chi connectivity index (χ0v) is 24.6. The van der Waals surface area contributed by atoms with Gasteiger partial charge in [-0.05, 0) is 26.1 Å². The topological polar surface area (TPSA) is 183 Å². The molecule has 4 N–H and O–H groups in total. The van der Waals surface area contributed by atoms with Crippen LogP contribution in [-0.4, -0.2) is 174 Å². The van der Waals surface area contributed by atoms with Gasteiger partial charge >= 0.3 is 17.9 Å². The molecule has 0 aromatic heterocycles. The first kappa shape index (κ1) is 35.0. The number of nitrogens with one attached hydrogen (secondary N) is 1. The minimum absolute atomic E-state index is 0.00278. The first-order valence-electron chi connectivity index (χ1n) is 14.1. The van der Waals surface area contributed by atoms with Crippen molar-refractivity contribution in [3.05, 3.63) is 39.9 Å². The largest absolute Gasteiger partial charge is 0.480 e. The summed E-state index contributed by atoms with van der Waals surface area (Å²) in [7, 11) is 3.55. The molecular weight excluding hydrogens is 550 g/mol. The molecule has 1 saturated heterocycles. The van der Waals surface area contributed by atoms with Crippen LogP contribution in [0.1, 0.15) is 5.56 Å². The molecule has 1 heterocycles. The zero-order valence-electron chi connectivity index (χ0n) is 24.6. The maximum absolute atomic E-state index is 11.3. The maximum atomic E-state index is 11.3. The standard InChI is InChI=1S/C27H45N7O8/c1-29(20-26(37)38)7-9-31-11-12-32(10-8-30(2)21-27(39)40)14-16-33(15-13-31)19-23(28-18-25(35)36)17-22-3-5-24(6-4-22)34(41)42/h3-6,23,28H,7-21H2,1-2H3,(H,35,36)(H,37,38)(H,39,40). The fourth-order valence-electron chi connectivity index (χ4n) is 4.84. The molecule has 1 aromatic rings. The quantitative estimate of drug-likeness (QED) is 0.121. The van der Waals surface area contributed by atoms with Crippen molar-refractivity contribution >= 4 is 23.6 Å². The van der Waals surface area contributed by atoms with Crippen molar-refractivity contribution in [1.82, 2.24) is 29.8 Å². The van der Waals surface area contributed by atoms with Crippen molar-refractivity contribution in [2.24, 2.45) is 0 Å². The number of non-ortho nitro benzene ring substituents is 1. The van der Waals surface area contributed by atoms with E-state index in [4.69, 9.17) is 10.2 Å². The number of carboxylic acids is 3. The summed E-state index contributed by atoms with van der Waals surface area (Å²) in [6.45, 7) is 7.33. The molecule has 1 atom stereocenters. The molecule has 42 heavy (non-hydrogen) atoms. The second-order valence-corrected chi connectivity index (χ2v) is 10.8. The lowest BCUT2D eigenvalue weighted by molar-refractivity contribution is -0.384. The van der Waals surface area contributed by atoms with Crippen LogP contribution < -0.4 is 5.32 Å². The van der Waals surface area contributed by atoms with E-state index in [-0.39, 0.29) is 31.4 Å². The number of rotatable bonds is 18. The molecular formula is C27H45N7O8. The van der Waals surface area contributed by atoms with Crippen LogP contribution in [0.4, 0.5) is 5.69 Å². The second-order valence-electron chi connectivity index (χ2n) is 10.8.